The zero-order valence-corrected chi connectivity index (χ0v) is 18.7. The molecular weight excluding hydrogens is 414 g/mol. The van der Waals surface area contributed by atoms with Crippen LogP contribution in [0.2, 0.25) is 0 Å². The molecule has 33 heavy (non-hydrogen) atoms. The van der Waals surface area contributed by atoms with Crippen molar-refractivity contribution in [3.05, 3.63) is 86.8 Å². The standard InChI is InChI=1S/C28H27NO4/c1-3-4-8-18-14-22-25(13-17(18)2)32-26-16-24-19(9-7-12-29-24)15-23(26)27(22)20-10-5-6-11-21(20)28(30)33-31/h5-6,10-11,13-16,29,31H,2-4,7-9,12H2,1H3. The zero-order valence-electron chi connectivity index (χ0n) is 18.7. The highest BCUT2D eigenvalue weighted by atomic mass is 17.1. The van der Waals surface area contributed by atoms with E-state index in [2.05, 4.69) is 35.8 Å². The van der Waals surface area contributed by atoms with Gasteiger partial charge in [0.15, 0.2) is 0 Å². The summed E-state index contributed by atoms with van der Waals surface area (Å²) in [5.41, 5.74) is 6.32. The fourth-order valence-corrected chi connectivity index (χ4v) is 4.81. The molecule has 168 valence electrons. The van der Waals surface area contributed by atoms with Gasteiger partial charge in [-0.15, -0.1) is 0 Å². The molecule has 0 unspecified atom stereocenters. The lowest BCUT2D eigenvalue weighted by molar-refractivity contribution is -0.182. The van der Waals surface area contributed by atoms with Crippen LogP contribution in [0.4, 0.5) is 5.69 Å². The number of fused-ring (bicyclic) bond motifs is 3. The summed E-state index contributed by atoms with van der Waals surface area (Å²) in [5.74, 6) is 0.663. The number of hydrogen-bond acceptors (Lipinski definition) is 5. The van der Waals surface area contributed by atoms with Crippen molar-refractivity contribution in [1.82, 2.24) is 0 Å². The van der Waals surface area contributed by atoms with Crippen LogP contribution in [0.3, 0.4) is 0 Å². The monoisotopic (exact) mass is 441 g/mol. The second kappa shape index (κ2) is 8.75. The van der Waals surface area contributed by atoms with Gasteiger partial charge in [0.25, 0.3) is 0 Å². The quantitative estimate of drug-likeness (QED) is 0.345. The van der Waals surface area contributed by atoms with Crippen LogP contribution in [0.25, 0.3) is 12.2 Å². The van der Waals surface area contributed by atoms with Crippen molar-refractivity contribution in [2.75, 3.05) is 11.9 Å². The van der Waals surface area contributed by atoms with Crippen LogP contribution in [-0.4, -0.2) is 17.8 Å². The summed E-state index contributed by atoms with van der Waals surface area (Å²) in [6, 6.07) is 15.6. The van der Waals surface area contributed by atoms with E-state index in [0.29, 0.717) is 16.9 Å². The van der Waals surface area contributed by atoms with Crippen LogP contribution >= 0.6 is 0 Å². The molecule has 2 N–H and O–H groups in total. The lowest BCUT2D eigenvalue weighted by atomic mass is 9.87. The van der Waals surface area contributed by atoms with Crippen LogP contribution in [0, 0.1) is 0 Å². The van der Waals surface area contributed by atoms with E-state index in [1.807, 2.05) is 24.3 Å². The van der Waals surface area contributed by atoms with E-state index in [1.165, 1.54) is 11.1 Å². The molecule has 2 heterocycles. The molecule has 2 aliphatic heterocycles. The van der Waals surface area contributed by atoms with Gasteiger partial charge < -0.3 is 10.1 Å². The first-order valence-corrected chi connectivity index (χ1v) is 11.5. The van der Waals surface area contributed by atoms with E-state index >= 15 is 0 Å². The van der Waals surface area contributed by atoms with Crippen molar-refractivity contribution in [1.29, 1.82) is 0 Å². The predicted molar refractivity (Wildman–Crippen MR) is 129 cm³/mol. The summed E-state index contributed by atoms with van der Waals surface area (Å²) >= 11 is 0. The fraction of sp³-hybridized carbons (Fsp3) is 0.250. The van der Waals surface area contributed by atoms with Gasteiger partial charge in [0.2, 0.25) is 0 Å². The molecule has 3 aromatic carbocycles. The minimum atomic E-state index is -0.785. The molecule has 0 saturated heterocycles. The van der Waals surface area contributed by atoms with Gasteiger partial charge in [-0.1, -0.05) is 38.1 Å². The van der Waals surface area contributed by atoms with Gasteiger partial charge in [0, 0.05) is 34.7 Å². The molecule has 3 aromatic rings. The average molecular weight is 442 g/mol. The summed E-state index contributed by atoms with van der Waals surface area (Å²) in [4.78, 5) is 16.6. The zero-order chi connectivity index (χ0) is 22.9. The Kier molecular flexibility index (Phi) is 5.65. The number of unbranched alkanes of at least 4 members (excludes halogenated alkanes) is 1. The highest BCUT2D eigenvalue weighted by molar-refractivity contribution is 5.99. The van der Waals surface area contributed by atoms with E-state index < -0.39 is 5.97 Å². The van der Waals surface area contributed by atoms with Crippen molar-refractivity contribution in [2.24, 2.45) is 0 Å². The van der Waals surface area contributed by atoms with Crippen LogP contribution < -0.4 is 20.5 Å². The third kappa shape index (κ3) is 3.79. The van der Waals surface area contributed by atoms with Crippen LogP contribution in [0.15, 0.2) is 48.5 Å². The summed E-state index contributed by atoms with van der Waals surface area (Å²) in [6.07, 6.45) is 5.14. The minimum Gasteiger partial charge on any atom is -0.456 e. The molecule has 0 spiro atoms. The van der Waals surface area contributed by atoms with Gasteiger partial charge in [-0.3, -0.25) is 4.89 Å². The molecule has 0 radical (unpaired) electrons. The molecule has 0 atom stereocenters. The number of nitrogens with one attached hydrogen (secondary N) is 1. The Morgan fingerprint density at radius 1 is 1.15 bits per heavy atom. The fourth-order valence-electron chi connectivity index (χ4n) is 4.81. The first kappa shape index (κ1) is 21.3. The molecule has 5 heteroatoms. The second-order valence-corrected chi connectivity index (χ2v) is 8.66. The summed E-state index contributed by atoms with van der Waals surface area (Å²) < 4.78 is 6.40. The van der Waals surface area contributed by atoms with Crippen molar-refractivity contribution >= 4 is 23.8 Å². The Morgan fingerprint density at radius 2 is 2.00 bits per heavy atom. The highest BCUT2D eigenvalue weighted by Gasteiger charge is 2.26. The highest BCUT2D eigenvalue weighted by Crippen LogP contribution is 2.41. The Hall–Kier alpha value is -3.57. The molecular formula is C28H27NO4. The van der Waals surface area contributed by atoms with E-state index in [1.54, 1.807) is 12.1 Å². The van der Waals surface area contributed by atoms with Gasteiger partial charge in [-0.25, -0.2) is 4.79 Å². The van der Waals surface area contributed by atoms with Crippen LogP contribution in [0.5, 0.6) is 11.5 Å². The van der Waals surface area contributed by atoms with Crippen molar-refractivity contribution in [3.63, 3.8) is 0 Å². The average Bonchev–Trinajstić information content (AvgIpc) is 2.84. The maximum absolute atomic E-state index is 12.5. The van der Waals surface area contributed by atoms with Gasteiger partial charge in [-0.05, 0) is 71.9 Å². The first-order chi connectivity index (χ1) is 16.1. The number of aryl methyl sites for hydroxylation is 2. The Morgan fingerprint density at radius 3 is 2.82 bits per heavy atom. The minimum absolute atomic E-state index is 0.304. The number of carbonyl (C=O) groups excluding carboxylic acids is 1. The number of hydrogen-bond donors (Lipinski definition) is 2. The van der Waals surface area contributed by atoms with Gasteiger partial charge >= 0.3 is 5.97 Å². The number of benzene rings is 3. The van der Waals surface area contributed by atoms with E-state index in [9.17, 15) is 4.79 Å². The molecule has 5 rings (SSSR count). The summed E-state index contributed by atoms with van der Waals surface area (Å²) in [7, 11) is 0. The van der Waals surface area contributed by atoms with Gasteiger partial charge in [0.1, 0.15) is 11.5 Å². The Bertz CT molecular complexity index is 1360. The molecule has 0 saturated carbocycles. The molecule has 0 aliphatic carbocycles. The van der Waals surface area contributed by atoms with E-state index in [-0.39, 0.29) is 0 Å². The van der Waals surface area contributed by atoms with Crippen molar-refractivity contribution < 1.29 is 19.7 Å². The topological polar surface area (TPSA) is 67.8 Å². The van der Waals surface area contributed by atoms with Crippen LogP contribution in [-0.2, 0) is 17.7 Å². The summed E-state index contributed by atoms with van der Waals surface area (Å²) in [6.45, 7) is 7.37. The lowest BCUT2D eigenvalue weighted by Crippen LogP contribution is -2.24. The second-order valence-electron chi connectivity index (χ2n) is 8.66. The molecule has 0 amide bonds. The molecule has 0 fully saturated rings. The third-order valence-electron chi connectivity index (χ3n) is 6.50. The predicted octanol–water partition coefficient (Wildman–Crippen LogP) is 4.78. The van der Waals surface area contributed by atoms with E-state index in [4.69, 9.17) is 9.99 Å². The molecule has 0 bridgehead atoms. The lowest BCUT2D eigenvalue weighted by Gasteiger charge is -2.26. The maximum atomic E-state index is 12.5. The molecule has 2 aliphatic rings. The number of anilines is 1. The van der Waals surface area contributed by atoms with E-state index in [0.717, 1.165) is 71.7 Å². The molecule has 0 aromatic heterocycles. The smallest absolute Gasteiger partial charge is 0.373 e. The van der Waals surface area contributed by atoms with Crippen LogP contribution in [0.1, 0.15) is 58.8 Å². The first-order valence-electron chi connectivity index (χ1n) is 11.5. The number of ether oxygens (including phenoxy) is 1. The molecule has 5 nitrogen and oxygen atoms in total. The normalized spacial score (nSPS) is 13.8. The largest absolute Gasteiger partial charge is 0.456 e. The summed E-state index contributed by atoms with van der Waals surface area (Å²) in [5, 5.41) is 14.5. The number of carbonyl (C=O) groups is 1. The Balaban J connectivity index is 1.85. The maximum Gasteiger partial charge on any atom is 0.373 e. The van der Waals surface area contributed by atoms with Gasteiger partial charge in [-0.2, -0.15) is 5.26 Å². The van der Waals surface area contributed by atoms with Gasteiger partial charge in [0.05, 0.1) is 5.56 Å². The van der Waals surface area contributed by atoms with Crippen molar-refractivity contribution in [3.8, 4) is 11.5 Å². The van der Waals surface area contributed by atoms with Crippen molar-refractivity contribution in [2.45, 2.75) is 39.0 Å². The third-order valence-corrected chi connectivity index (χ3v) is 6.50. The SMILES string of the molecule is C=c1cc2c(cc1CCCC)=C(c1ccccc1C(=O)OO)c1cc3c(cc1O2)NCCC3. The number of rotatable bonds is 5. The Labute approximate surface area is 192 Å².